The Morgan fingerprint density at radius 2 is 1.68 bits per heavy atom. The highest BCUT2D eigenvalue weighted by atomic mass is 16.2. The summed E-state index contributed by atoms with van der Waals surface area (Å²) in [7, 11) is 0. The fraction of sp³-hybridized carbons (Fsp3) is 0.435. The van der Waals surface area contributed by atoms with Gasteiger partial charge in [0, 0.05) is 45.4 Å². The number of rotatable bonds is 11. The number of aryl methyl sites for hydroxylation is 1. The molecule has 0 aliphatic carbocycles. The average molecular weight is 382 g/mol. The second-order valence-electron chi connectivity index (χ2n) is 7.07. The molecule has 0 saturated carbocycles. The van der Waals surface area contributed by atoms with E-state index in [9.17, 15) is 9.59 Å². The minimum Gasteiger partial charge on any atom is -0.356 e. The van der Waals surface area contributed by atoms with Gasteiger partial charge in [-0.05, 0) is 42.0 Å². The summed E-state index contributed by atoms with van der Waals surface area (Å²) in [6.07, 6.45) is 7.75. The molecule has 0 spiro atoms. The lowest BCUT2D eigenvalue weighted by Gasteiger charge is -2.23. The first kappa shape index (κ1) is 21.6. The maximum absolute atomic E-state index is 12.9. The highest BCUT2D eigenvalue weighted by Crippen LogP contribution is 2.14. The smallest absolute Gasteiger partial charge is 0.223 e. The van der Waals surface area contributed by atoms with E-state index in [4.69, 9.17) is 0 Å². The average Bonchev–Trinajstić information content (AvgIpc) is 2.71. The summed E-state index contributed by atoms with van der Waals surface area (Å²) in [4.78, 5) is 29.8. The van der Waals surface area contributed by atoms with Crippen molar-refractivity contribution in [2.75, 3.05) is 6.54 Å². The van der Waals surface area contributed by atoms with E-state index in [1.165, 1.54) is 12.5 Å². The minimum atomic E-state index is -0.00665. The zero-order valence-corrected chi connectivity index (χ0v) is 17.0. The van der Waals surface area contributed by atoms with Crippen LogP contribution in [0.1, 0.15) is 56.2 Å². The second-order valence-corrected chi connectivity index (χ2v) is 7.07. The van der Waals surface area contributed by atoms with Crippen LogP contribution in [0.4, 0.5) is 0 Å². The van der Waals surface area contributed by atoms with E-state index >= 15 is 0 Å². The third-order valence-corrected chi connectivity index (χ3v) is 4.69. The molecule has 1 heterocycles. The predicted octanol–water partition coefficient (Wildman–Crippen LogP) is 3.87. The van der Waals surface area contributed by atoms with E-state index in [1.807, 2.05) is 23.2 Å². The summed E-state index contributed by atoms with van der Waals surface area (Å²) in [5.74, 6) is 0.149. The molecular weight excluding hydrogens is 350 g/mol. The normalized spacial score (nSPS) is 10.5. The number of amides is 2. The van der Waals surface area contributed by atoms with Crippen LogP contribution < -0.4 is 5.32 Å². The molecule has 0 aliphatic rings. The highest BCUT2D eigenvalue weighted by Gasteiger charge is 2.14. The number of hydrogen-bond acceptors (Lipinski definition) is 3. The fourth-order valence-corrected chi connectivity index (χ4v) is 3.05. The zero-order valence-electron chi connectivity index (χ0n) is 17.0. The summed E-state index contributed by atoms with van der Waals surface area (Å²) in [6.45, 7) is 5.50. The molecule has 2 amide bonds. The van der Waals surface area contributed by atoms with Crippen LogP contribution in [0.5, 0.6) is 0 Å². The van der Waals surface area contributed by atoms with Crippen molar-refractivity contribution >= 4 is 11.8 Å². The number of nitrogens with zero attached hydrogens (tertiary/aromatic N) is 2. The van der Waals surface area contributed by atoms with Crippen LogP contribution in [0.25, 0.3) is 0 Å². The molecule has 0 atom stereocenters. The third-order valence-electron chi connectivity index (χ3n) is 4.69. The molecule has 0 fully saturated rings. The van der Waals surface area contributed by atoms with Crippen LogP contribution in [0, 0.1) is 0 Å². The van der Waals surface area contributed by atoms with Crippen LogP contribution in [-0.4, -0.2) is 28.2 Å². The van der Waals surface area contributed by atoms with Gasteiger partial charge in [-0.1, -0.05) is 43.7 Å². The Bertz CT molecular complexity index is 729. The Morgan fingerprint density at radius 3 is 2.32 bits per heavy atom. The number of benzene rings is 1. The Balaban J connectivity index is 1.92. The van der Waals surface area contributed by atoms with Crippen molar-refractivity contribution in [3.8, 4) is 0 Å². The molecule has 5 nitrogen and oxygen atoms in total. The molecule has 2 rings (SSSR count). The first-order chi connectivity index (χ1) is 13.6. The molecule has 1 aromatic heterocycles. The lowest BCUT2D eigenvalue weighted by atomic mass is 10.1. The van der Waals surface area contributed by atoms with Gasteiger partial charge in [0.15, 0.2) is 0 Å². The summed E-state index contributed by atoms with van der Waals surface area (Å²) in [5.41, 5.74) is 3.47. The van der Waals surface area contributed by atoms with Gasteiger partial charge < -0.3 is 10.2 Å². The van der Waals surface area contributed by atoms with Crippen LogP contribution >= 0.6 is 0 Å². The number of unbranched alkanes of at least 4 members (excludes halogenated alkanes) is 2. The van der Waals surface area contributed by atoms with Crippen molar-refractivity contribution in [3.05, 3.63) is 65.5 Å². The quantitative estimate of drug-likeness (QED) is 0.601. The lowest BCUT2D eigenvalue weighted by molar-refractivity contribution is -0.132. The zero-order chi connectivity index (χ0) is 20.2. The number of aromatic nitrogens is 1. The van der Waals surface area contributed by atoms with Crippen molar-refractivity contribution in [1.29, 1.82) is 0 Å². The molecule has 28 heavy (non-hydrogen) atoms. The van der Waals surface area contributed by atoms with Gasteiger partial charge in [-0.15, -0.1) is 0 Å². The van der Waals surface area contributed by atoms with E-state index in [0.29, 0.717) is 26.1 Å². The maximum atomic E-state index is 12.9. The Morgan fingerprint density at radius 1 is 0.964 bits per heavy atom. The van der Waals surface area contributed by atoms with Crippen molar-refractivity contribution in [2.45, 2.75) is 59.0 Å². The number of hydrogen-bond donors (Lipinski definition) is 1. The largest absolute Gasteiger partial charge is 0.356 e. The van der Waals surface area contributed by atoms with E-state index in [1.54, 1.807) is 6.20 Å². The van der Waals surface area contributed by atoms with Gasteiger partial charge in [0.25, 0.3) is 0 Å². The minimum absolute atomic E-state index is 0.00665. The van der Waals surface area contributed by atoms with Crippen molar-refractivity contribution in [1.82, 2.24) is 15.2 Å². The van der Waals surface area contributed by atoms with Gasteiger partial charge in [0.2, 0.25) is 11.8 Å². The summed E-state index contributed by atoms with van der Waals surface area (Å²) in [6, 6.07) is 12.4. The summed E-state index contributed by atoms with van der Waals surface area (Å²) < 4.78 is 0. The van der Waals surface area contributed by atoms with Gasteiger partial charge in [-0.3, -0.25) is 14.6 Å². The topological polar surface area (TPSA) is 62.3 Å². The van der Waals surface area contributed by atoms with Crippen LogP contribution in [-0.2, 0) is 29.1 Å². The fourth-order valence-electron chi connectivity index (χ4n) is 3.05. The second kappa shape index (κ2) is 11.9. The molecule has 0 saturated heterocycles. The molecular formula is C23H31N3O2. The van der Waals surface area contributed by atoms with Gasteiger partial charge in [0.05, 0.1) is 0 Å². The molecule has 0 bridgehead atoms. The number of carbonyl (C=O) groups excluding carboxylic acids is 2. The van der Waals surface area contributed by atoms with E-state index in [0.717, 1.165) is 36.8 Å². The van der Waals surface area contributed by atoms with E-state index in [-0.39, 0.29) is 11.8 Å². The van der Waals surface area contributed by atoms with Gasteiger partial charge in [-0.2, -0.15) is 0 Å². The molecule has 1 N–H and O–H groups in total. The van der Waals surface area contributed by atoms with Gasteiger partial charge in [-0.25, -0.2) is 0 Å². The number of carbonyl (C=O) groups is 2. The lowest BCUT2D eigenvalue weighted by Crippen LogP contribution is -2.30. The molecule has 1 aromatic carbocycles. The van der Waals surface area contributed by atoms with E-state index in [2.05, 4.69) is 41.5 Å². The SMILES string of the molecule is CCc1ccc(CN(Cc2cccnc2)C(=O)CCCCCNC(C)=O)cc1. The monoisotopic (exact) mass is 381 g/mol. The first-order valence-electron chi connectivity index (χ1n) is 10.1. The van der Waals surface area contributed by atoms with Crippen LogP contribution in [0.15, 0.2) is 48.8 Å². The van der Waals surface area contributed by atoms with Crippen molar-refractivity contribution < 1.29 is 9.59 Å². The third kappa shape index (κ3) is 7.91. The molecule has 2 aromatic rings. The Labute approximate surface area is 168 Å². The molecule has 5 heteroatoms. The van der Waals surface area contributed by atoms with Gasteiger partial charge in [0.1, 0.15) is 0 Å². The van der Waals surface area contributed by atoms with Crippen LogP contribution in [0.2, 0.25) is 0 Å². The van der Waals surface area contributed by atoms with Gasteiger partial charge >= 0.3 is 0 Å². The summed E-state index contributed by atoms with van der Waals surface area (Å²) >= 11 is 0. The molecule has 0 radical (unpaired) electrons. The Hall–Kier alpha value is -2.69. The summed E-state index contributed by atoms with van der Waals surface area (Å²) in [5, 5.41) is 2.79. The first-order valence-corrected chi connectivity index (χ1v) is 10.1. The van der Waals surface area contributed by atoms with Crippen LogP contribution in [0.3, 0.4) is 0 Å². The predicted molar refractivity (Wildman–Crippen MR) is 111 cm³/mol. The number of pyridine rings is 1. The standard InChI is InChI=1S/C23H31N3O2/c1-3-20-10-12-21(13-11-20)17-26(18-22-8-7-14-24-16-22)23(28)9-5-4-6-15-25-19(2)27/h7-8,10-14,16H,3-6,9,15,17-18H2,1-2H3,(H,25,27). The number of nitrogens with one attached hydrogen (secondary N) is 1. The molecule has 0 aliphatic heterocycles. The Kier molecular flexibility index (Phi) is 9.19. The van der Waals surface area contributed by atoms with Crippen molar-refractivity contribution in [3.63, 3.8) is 0 Å². The molecule has 150 valence electrons. The highest BCUT2D eigenvalue weighted by molar-refractivity contribution is 5.76. The van der Waals surface area contributed by atoms with E-state index < -0.39 is 0 Å². The van der Waals surface area contributed by atoms with Crippen molar-refractivity contribution in [2.24, 2.45) is 0 Å². The molecule has 0 unspecified atom stereocenters. The maximum Gasteiger partial charge on any atom is 0.223 e.